The average molecular weight is 627 g/mol. The number of rotatable bonds is 5. The van der Waals surface area contributed by atoms with Gasteiger partial charge in [0, 0.05) is 24.2 Å². The Kier molecular flexibility index (Phi) is 9.78. The van der Waals surface area contributed by atoms with Crippen molar-refractivity contribution in [2.75, 3.05) is 31.1 Å². The van der Waals surface area contributed by atoms with E-state index in [0.29, 0.717) is 11.2 Å². The highest BCUT2D eigenvalue weighted by Gasteiger charge is 2.32. The topological polar surface area (TPSA) is 142 Å². The third-order valence-electron chi connectivity index (χ3n) is 9.71. The van der Waals surface area contributed by atoms with Crippen molar-refractivity contribution >= 4 is 17.0 Å². The van der Waals surface area contributed by atoms with Crippen LogP contribution in [0.1, 0.15) is 89.5 Å². The second-order valence-corrected chi connectivity index (χ2v) is 15.7. The Bertz CT molecular complexity index is 1630. The number of imidazole rings is 1. The molecule has 4 heterocycles. The third kappa shape index (κ3) is 8.43. The standard InChI is InChI=1S/C21H28N6O.C16H26N2/c1-20(2,3)15-6-4-14(5-7-15)12-21(22)8-10-27(11-9-21)18-16-17(23-13-24-18)26-19(28)25-16;1-15(2,3)14-6-4-13(5-7-14)12-16(17)8-10-18-11-9-16/h4-7,13H,8-12,22H2,1-3H3,(H2,23,24,25,26,28);4-7,18H,8-12,17H2,1-3H3. The highest BCUT2D eigenvalue weighted by molar-refractivity contribution is 5.82. The van der Waals surface area contributed by atoms with Gasteiger partial charge in [-0.1, -0.05) is 90.1 Å². The van der Waals surface area contributed by atoms with Gasteiger partial charge in [0.1, 0.15) is 11.8 Å². The van der Waals surface area contributed by atoms with Gasteiger partial charge in [0.2, 0.25) is 0 Å². The number of piperidine rings is 2. The first-order valence-electron chi connectivity index (χ1n) is 16.8. The van der Waals surface area contributed by atoms with Crippen LogP contribution in [0.4, 0.5) is 5.82 Å². The predicted molar refractivity (Wildman–Crippen MR) is 190 cm³/mol. The Morgan fingerprint density at radius 1 is 0.717 bits per heavy atom. The van der Waals surface area contributed by atoms with Crippen molar-refractivity contribution in [1.82, 2.24) is 25.3 Å². The molecule has 248 valence electrons. The van der Waals surface area contributed by atoms with E-state index in [2.05, 4.69) is 120 Å². The summed E-state index contributed by atoms with van der Waals surface area (Å²) in [6.45, 7) is 17.1. The molecular weight excluding hydrogens is 572 g/mol. The Balaban J connectivity index is 0.000000200. The number of hydrogen-bond donors (Lipinski definition) is 5. The Labute approximate surface area is 274 Å². The van der Waals surface area contributed by atoms with Gasteiger partial charge in [0.05, 0.1) is 0 Å². The zero-order chi connectivity index (χ0) is 33.2. The molecule has 2 aromatic heterocycles. The molecule has 0 bridgehead atoms. The van der Waals surface area contributed by atoms with Crippen molar-refractivity contribution in [3.8, 4) is 0 Å². The van der Waals surface area contributed by atoms with Gasteiger partial charge >= 0.3 is 5.69 Å². The number of H-pyrrole nitrogens is 2. The summed E-state index contributed by atoms with van der Waals surface area (Å²) in [4.78, 5) is 27.8. The van der Waals surface area contributed by atoms with Gasteiger partial charge in [0.25, 0.3) is 0 Å². The number of fused-ring (bicyclic) bond motifs is 1. The van der Waals surface area contributed by atoms with Crippen LogP contribution in [0.15, 0.2) is 59.7 Å². The minimum absolute atomic E-state index is 0.00546. The molecular formula is C37H54N8O. The molecule has 0 aliphatic carbocycles. The molecule has 9 nitrogen and oxygen atoms in total. The second-order valence-electron chi connectivity index (χ2n) is 15.7. The molecule has 2 aromatic carbocycles. The highest BCUT2D eigenvalue weighted by Crippen LogP contribution is 2.30. The van der Waals surface area contributed by atoms with Crippen molar-refractivity contribution in [3.05, 3.63) is 87.6 Å². The van der Waals surface area contributed by atoms with Gasteiger partial charge in [-0.05, 0) is 84.7 Å². The van der Waals surface area contributed by atoms with Crippen LogP contribution in [0.5, 0.6) is 0 Å². The van der Waals surface area contributed by atoms with Crippen LogP contribution < -0.4 is 27.4 Å². The molecule has 0 radical (unpaired) electrons. The van der Waals surface area contributed by atoms with Gasteiger partial charge < -0.3 is 26.7 Å². The highest BCUT2D eigenvalue weighted by atomic mass is 16.1. The van der Waals surface area contributed by atoms with E-state index in [1.54, 1.807) is 0 Å². The van der Waals surface area contributed by atoms with Crippen LogP contribution in [0.3, 0.4) is 0 Å². The quantitative estimate of drug-likeness (QED) is 0.208. The Hall–Kier alpha value is -3.53. The van der Waals surface area contributed by atoms with Crippen molar-refractivity contribution in [3.63, 3.8) is 0 Å². The number of aromatic nitrogens is 4. The summed E-state index contributed by atoms with van der Waals surface area (Å²) in [5, 5.41) is 3.37. The van der Waals surface area contributed by atoms with Gasteiger partial charge in [0.15, 0.2) is 11.5 Å². The number of nitrogens with zero attached hydrogens (tertiary/aromatic N) is 3. The van der Waals surface area contributed by atoms with Crippen molar-refractivity contribution in [1.29, 1.82) is 0 Å². The van der Waals surface area contributed by atoms with E-state index in [9.17, 15) is 4.79 Å². The van der Waals surface area contributed by atoms with E-state index in [1.807, 2.05) is 0 Å². The molecule has 0 atom stereocenters. The van der Waals surface area contributed by atoms with E-state index in [1.165, 1.54) is 28.6 Å². The van der Waals surface area contributed by atoms with Gasteiger partial charge in [-0.15, -0.1) is 0 Å². The number of nitrogens with one attached hydrogen (secondary N) is 3. The van der Waals surface area contributed by atoms with Gasteiger partial charge in [-0.2, -0.15) is 0 Å². The van der Waals surface area contributed by atoms with Gasteiger partial charge in [-0.3, -0.25) is 4.98 Å². The van der Waals surface area contributed by atoms with Crippen LogP contribution in [0.25, 0.3) is 11.2 Å². The van der Waals surface area contributed by atoms with Gasteiger partial charge in [-0.25, -0.2) is 14.8 Å². The van der Waals surface area contributed by atoms with Crippen LogP contribution in [0, 0.1) is 0 Å². The first kappa shape index (κ1) is 33.8. The molecule has 2 aliphatic rings. The molecule has 4 aromatic rings. The fraction of sp³-hybridized carbons (Fsp3) is 0.541. The average Bonchev–Trinajstić information content (AvgIpc) is 3.38. The van der Waals surface area contributed by atoms with E-state index >= 15 is 0 Å². The number of nitrogens with two attached hydrogens (primary N) is 2. The molecule has 2 fully saturated rings. The number of anilines is 1. The summed E-state index contributed by atoms with van der Waals surface area (Å²) in [5.41, 5.74) is 19.7. The van der Waals surface area contributed by atoms with E-state index in [-0.39, 0.29) is 27.6 Å². The smallest absolute Gasteiger partial charge is 0.325 e. The third-order valence-corrected chi connectivity index (χ3v) is 9.71. The summed E-state index contributed by atoms with van der Waals surface area (Å²) in [5.74, 6) is 0.764. The van der Waals surface area contributed by atoms with Crippen LogP contribution in [-0.4, -0.2) is 57.2 Å². The zero-order valence-corrected chi connectivity index (χ0v) is 28.7. The minimum atomic E-state index is -0.263. The Morgan fingerprint density at radius 3 is 1.67 bits per heavy atom. The normalized spacial score (nSPS) is 18.2. The fourth-order valence-electron chi connectivity index (χ4n) is 6.58. The summed E-state index contributed by atoms with van der Waals surface area (Å²) >= 11 is 0. The maximum absolute atomic E-state index is 11.6. The predicted octanol–water partition coefficient (Wildman–Crippen LogP) is 5.09. The lowest BCUT2D eigenvalue weighted by Crippen LogP contribution is -2.52. The van der Waals surface area contributed by atoms with E-state index < -0.39 is 0 Å². The maximum Gasteiger partial charge on any atom is 0.325 e. The van der Waals surface area contributed by atoms with Crippen LogP contribution >= 0.6 is 0 Å². The summed E-state index contributed by atoms with van der Waals surface area (Å²) < 4.78 is 0. The lowest BCUT2D eigenvalue weighted by atomic mass is 9.81. The van der Waals surface area contributed by atoms with Crippen molar-refractivity contribution in [2.45, 2.75) is 102 Å². The molecule has 0 unspecified atom stereocenters. The molecule has 0 amide bonds. The molecule has 6 rings (SSSR count). The van der Waals surface area contributed by atoms with Crippen LogP contribution in [0.2, 0.25) is 0 Å². The maximum atomic E-state index is 11.6. The zero-order valence-electron chi connectivity index (χ0n) is 28.7. The molecule has 46 heavy (non-hydrogen) atoms. The molecule has 7 N–H and O–H groups in total. The monoisotopic (exact) mass is 626 g/mol. The Morgan fingerprint density at radius 2 is 1.20 bits per heavy atom. The summed E-state index contributed by atoms with van der Waals surface area (Å²) in [7, 11) is 0. The van der Waals surface area contributed by atoms with Crippen molar-refractivity contribution < 1.29 is 0 Å². The van der Waals surface area contributed by atoms with E-state index in [4.69, 9.17) is 11.5 Å². The summed E-state index contributed by atoms with van der Waals surface area (Å²) in [6.07, 6.45) is 7.25. The first-order chi connectivity index (χ1) is 21.6. The summed E-state index contributed by atoms with van der Waals surface area (Å²) in [6, 6.07) is 17.8. The fourth-order valence-corrected chi connectivity index (χ4v) is 6.58. The largest absolute Gasteiger partial charge is 0.355 e. The van der Waals surface area contributed by atoms with Crippen molar-refractivity contribution in [2.24, 2.45) is 11.5 Å². The number of aromatic amines is 2. The SMILES string of the molecule is CC(C)(C)c1ccc(CC2(N)CCN(c3ncnc4[nH]c(=O)[nH]c34)CC2)cc1.CC(C)(C)c1ccc(CC2(N)CCNCC2)cc1. The first-order valence-corrected chi connectivity index (χ1v) is 16.8. The van der Waals surface area contributed by atoms with Crippen LogP contribution in [-0.2, 0) is 23.7 Å². The second kappa shape index (κ2) is 13.3. The molecule has 2 saturated heterocycles. The molecule has 9 heteroatoms. The minimum Gasteiger partial charge on any atom is -0.355 e. The molecule has 0 spiro atoms. The molecule has 2 aliphatic heterocycles. The molecule has 0 saturated carbocycles. The van der Waals surface area contributed by atoms with E-state index in [0.717, 1.165) is 70.5 Å². The lowest BCUT2D eigenvalue weighted by molar-refractivity contribution is 0.308. The lowest BCUT2D eigenvalue weighted by Gasteiger charge is -2.40. The number of hydrogen-bond acceptors (Lipinski definition) is 7. The number of benzene rings is 2.